The van der Waals surface area contributed by atoms with E-state index in [2.05, 4.69) is 22.5 Å². The highest BCUT2D eigenvalue weighted by molar-refractivity contribution is 8.00. The molecule has 0 aromatic heterocycles. The number of imide groups is 1. The molecule has 1 aliphatic carbocycles. The number of aromatic carboxylic acids is 1. The number of carbonyl (C=O) groups excluding carboxylic acids is 4. The molecule has 7 rings (SSSR count). The number of fused-ring (bicyclic) bond motifs is 2. The number of hydrogen-bond donors (Lipinski definition) is 8. The van der Waals surface area contributed by atoms with E-state index in [1.165, 1.54) is 35.1 Å². The summed E-state index contributed by atoms with van der Waals surface area (Å²) in [5, 5.41) is 38.0. The Morgan fingerprint density at radius 2 is 1.52 bits per heavy atom. The highest BCUT2D eigenvalue weighted by Gasteiger charge is 2.41. The monoisotopic (exact) mass is 1160 g/mol. The molecule has 7 N–H and O–H groups in total. The van der Waals surface area contributed by atoms with E-state index in [9.17, 15) is 65.3 Å². The van der Waals surface area contributed by atoms with E-state index in [1.54, 1.807) is 24.3 Å². The van der Waals surface area contributed by atoms with E-state index in [-0.39, 0.29) is 79.9 Å². The van der Waals surface area contributed by atoms with Crippen LogP contribution < -0.4 is 40.7 Å². The lowest BCUT2D eigenvalue weighted by Gasteiger charge is -2.25. The van der Waals surface area contributed by atoms with E-state index in [0.29, 0.717) is 53.0 Å². The van der Waals surface area contributed by atoms with Crippen molar-refractivity contribution < 1.29 is 88.3 Å². The number of carboxylic acid groups (broad SMARTS) is 2. The van der Waals surface area contributed by atoms with Crippen LogP contribution in [-0.4, -0.2) is 130 Å². The minimum Gasteiger partial charge on any atom is -0.508 e. The third-order valence-corrected chi connectivity index (χ3v) is 16.4. The second kappa shape index (κ2) is 26.6. The Bertz CT molecular complexity index is 3350. The number of hydrogen-bond acceptors (Lipinski definition) is 16. The zero-order chi connectivity index (χ0) is 57.1. The molecule has 4 aromatic carbocycles. The minimum atomic E-state index is -4.89. The van der Waals surface area contributed by atoms with Gasteiger partial charge in [-0.3, -0.25) is 23.9 Å². The number of anilines is 3. The Morgan fingerprint density at radius 1 is 0.823 bits per heavy atom. The predicted molar refractivity (Wildman–Crippen MR) is 283 cm³/mol. The fourth-order valence-corrected chi connectivity index (χ4v) is 12.2. The molecule has 4 aromatic rings. The van der Waals surface area contributed by atoms with Gasteiger partial charge >= 0.3 is 11.9 Å². The van der Waals surface area contributed by atoms with Crippen LogP contribution in [0.5, 0.6) is 17.2 Å². The van der Waals surface area contributed by atoms with Crippen LogP contribution in [-0.2, 0) is 54.2 Å². The van der Waals surface area contributed by atoms with Crippen molar-refractivity contribution in [1.29, 1.82) is 0 Å². The molecular formula is C52H56F3N5O16S3. The van der Waals surface area contributed by atoms with Gasteiger partial charge in [-0.15, -0.1) is 11.8 Å². The number of aromatic hydroxyl groups is 1. The second-order valence-electron chi connectivity index (χ2n) is 18.5. The number of amides is 4. The number of rotatable bonds is 25. The van der Waals surface area contributed by atoms with Gasteiger partial charge in [0.05, 0.1) is 54.4 Å². The van der Waals surface area contributed by atoms with Crippen LogP contribution in [0.1, 0.15) is 85.7 Å². The zero-order valence-electron chi connectivity index (χ0n) is 42.1. The van der Waals surface area contributed by atoms with Crippen LogP contribution in [0.25, 0.3) is 12.2 Å². The van der Waals surface area contributed by atoms with Gasteiger partial charge < -0.3 is 45.5 Å². The quantitative estimate of drug-likeness (QED) is 0.0177. The van der Waals surface area contributed by atoms with Crippen molar-refractivity contribution >= 4 is 97.3 Å². The highest BCUT2D eigenvalue weighted by Crippen LogP contribution is 2.41. The molecule has 424 valence electrons. The lowest BCUT2D eigenvalue weighted by molar-refractivity contribution is -0.141. The Kier molecular flexibility index (Phi) is 20.0. The molecule has 1 saturated carbocycles. The fourth-order valence-electron chi connectivity index (χ4n) is 9.16. The van der Waals surface area contributed by atoms with Crippen LogP contribution >= 0.6 is 11.8 Å². The van der Waals surface area contributed by atoms with E-state index < -0.39 is 120 Å². The smallest absolute Gasteiger partial charge is 0.336 e. The fraction of sp³-hybridized carbons (Fsp3) is 0.385. The van der Waals surface area contributed by atoms with Gasteiger partial charge in [-0.1, -0.05) is 56.9 Å². The number of nitrogens with one attached hydrogen (secondary N) is 4. The molecule has 2 heterocycles. The average Bonchev–Trinajstić information content (AvgIpc) is 3.75. The molecule has 2 unspecified atom stereocenters. The maximum Gasteiger partial charge on any atom is 0.336 e. The highest BCUT2D eigenvalue weighted by atomic mass is 32.2. The number of halogens is 3. The molecular weight excluding hydrogens is 1100 g/mol. The Labute approximate surface area is 456 Å². The molecule has 2 aliphatic heterocycles. The minimum absolute atomic E-state index is 0.0329. The van der Waals surface area contributed by atoms with Crippen LogP contribution in [0.15, 0.2) is 59.5 Å². The number of ether oxygens (including phenoxy) is 3. The van der Waals surface area contributed by atoms with Crippen LogP contribution in [0.2, 0.25) is 0 Å². The van der Waals surface area contributed by atoms with Crippen LogP contribution in [0, 0.1) is 17.5 Å². The number of carboxylic acids is 2. The third-order valence-electron chi connectivity index (χ3n) is 13.0. The molecule has 2 fully saturated rings. The van der Waals surface area contributed by atoms with E-state index in [0.717, 1.165) is 35.9 Å². The summed E-state index contributed by atoms with van der Waals surface area (Å²) in [5.74, 6) is -12.3. The predicted octanol–water partition coefficient (Wildman–Crippen LogP) is 4.07. The summed E-state index contributed by atoms with van der Waals surface area (Å²) in [6.45, 7) is 3.46. The van der Waals surface area contributed by atoms with E-state index in [1.807, 2.05) is 0 Å². The summed E-state index contributed by atoms with van der Waals surface area (Å²) in [6.07, 6.45) is 3.61. The summed E-state index contributed by atoms with van der Waals surface area (Å²) in [5.41, 5.74) is -1.45. The Morgan fingerprint density at radius 3 is 2.22 bits per heavy atom. The number of benzene rings is 4. The zero-order valence-corrected chi connectivity index (χ0v) is 44.7. The summed E-state index contributed by atoms with van der Waals surface area (Å²) >= 11 is 0.825. The van der Waals surface area contributed by atoms with Gasteiger partial charge in [0.25, 0.3) is 0 Å². The summed E-state index contributed by atoms with van der Waals surface area (Å²) in [4.78, 5) is 76.6. The first-order valence-corrected chi connectivity index (χ1v) is 28.8. The lowest BCUT2D eigenvalue weighted by Crippen LogP contribution is -2.43. The summed E-state index contributed by atoms with van der Waals surface area (Å²) < 4.78 is 114. The molecule has 21 nitrogen and oxygen atoms in total. The molecule has 79 heavy (non-hydrogen) atoms. The SMILES string of the molecule is C=c1ccc2c(c1)Oc1cc(O)ccc1C=2c1ccc(N2C(=O)CC(SCC(NC(=O)CCOCCOCCNC(=O)CCS(=O)(=O)c3c(F)c(F)c(N[SH](=O)=O)c(F)c3NC3CCCCCCC3)C(=O)O)C2=O)cc1C(=O)O. The Balaban J connectivity index is 0.837. The number of aliphatic carboxylic acids is 1. The molecule has 4 amide bonds. The van der Waals surface area contributed by atoms with Gasteiger partial charge in [0.1, 0.15) is 33.9 Å². The Hall–Kier alpha value is -7.20. The van der Waals surface area contributed by atoms with Crippen molar-refractivity contribution in [3.63, 3.8) is 0 Å². The van der Waals surface area contributed by atoms with Crippen molar-refractivity contribution in [1.82, 2.24) is 10.6 Å². The summed E-state index contributed by atoms with van der Waals surface area (Å²) in [7, 11) is -8.55. The largest absolute Gasteiger partial charge is 0.508 e. The van der Waals surface area contributed by atoms with Crippen molar-refractivity contribution in [2.24, 2.45) is 0 Å². The van der Waals surface area contributed by atoms with Crippen molar-refractivity contribution in [2.45, 2.75) is 86.4 Å². The van der Waals surface area contributed by atoms with Gasteiger partial charge in [-0.05, 0) is 54.0 Å². The average molecular weight is 1160 g/mol. The van der Waals surface area contributed by atoms with Crippen molar-refractivity contribution in [2.75, 3.05) is 59.4 Å². The molecule has 0 radical (unpaired) electrons. The number of nitrogens with zero attached hydrogens (tertiary/aromatic N) is 1. The summed E-state index contributed by atoms with van der Waals surface area (Å²) in [6, 6.07) is 11.5. The number of carbonyl (C=O) groups is 6. The van der Waals surface area contributed by atoms with Gasteiger partial charge in [0, 0.05) is 60.0 Å². The first kappa shape index (κ1) is 59.5. The van der Waals surface area contributed by atoms with Crippen molar-refractivity contribution in [3.05, 3.63) is 99.2 Å². The van der Waals surface area contributed by atoms with Crippen LogP contribution in [0.4, 0.5) is 30.2 Å². The standard InChI is InChI=1S/C52H56F3N5O16S3/c1-28-9-12-33-37(23-28)76-38-25-31(61)11-14-34(38)43(33)32-13-10-30(24-35(32)51(66)67)60-42(64)26-39(50(60)65)77-27-36(52(68)69)58-41(63)15-18-74-20-21-75-19-17-56-40(62)16-22-79(72,73)49-45(54)44(53)47(59-78(70)71)46(55)48(49)57-29-7-5-3-2-4-6-8-29/h9-14,23-25,29,36,39,57,61,78H,1-8,15-22,26-27H2,(H,56,62)(H,58,63)(H,66,67)(H,68,69)(H,59,70,71). The number of sulfone groups is 1. The first-order valence-electron chi connectivity index (χ1n) is 24.9. The molecule has 3 aliphatic rings. The van der Waals surface area contributed by atoms with Crippen LogP contribution in [0.3, 0.4) is 0 Å². The first-order chi connectivity index (χ1) is 37.6. The number of phenolic OH excluding ortho intramolecular Hbond substituents is 1. The van der Waals surface area contributed by atoms with Gasteiger partial charge in [-0.2, -0.15) is 0 Å². The number of thiol groups is 1. The lowest BCUT2D eigenvalue weighted by atomic mass is 9.89. The van der Waals surface area contributed by atoms with E-state index in [4.69, 9.17) is 14.2 Å². The van der Waals surface area contributed by atoms with Crippen molar-refractivity contribution in [3.8, 4) is 17.2 Å². The molecule has 27 heteroatoms. The second-order valence-corrected chi connectivity index (χ2v) is 22.6. The van der Waals surface area contributed by atoms with Gasteiger partial charge in [-0.25, -0.2) is 44.5 Å². The van der Waals surface area contributed by atoms with Gasteiger partial charge in [0.15, 0.2) is 27.3 Å². The number of thioether (sulfide) groups is 1. The molecule has 0 spiro atoms. The topological polar surface area (TPSA) is 310 Å². The van der Waals surface area contributed by atoms with Gasteiger partial charge in [0.2, 0.25) is 34.5 Å². The maximum absolute atomic E-state index is 15.7. The molecule has 2 atom stereocenters. The van der Waals surface area contributed by atoms with E-state index >= 15 is 8.78 Å². The number of phenols is 1. The molecule has 0 bridgehead atoms. The maximum atomic E-state index is 15.7. The molecule has 1 saturated heterocycles. The normalized spacial score (nSPS) is 16.1. The third kappa shape index (κ3) is 14.7.